The van der Waals surface area contributed by atoms with E-state index in [2.05, 4.69) is 30.5 Å². The third-order valence-corrected chi connectivity index (χ3v) is 2.42. The van der Waals surface area contributed by atoms with Gasteiger partial charge in [0, 0.05) is 12.2 Å². The van der Waals surface area contributed by atoms with Gasteiger partial charge < -0.3 is 8.98 Å². The molecule has 0 fully saturated rings. The molecule has 0 aliphatic rings. The Morgan fingerprint density at radius 2 is 2.14 bits per heavy atom. The number of aromatic nitrogens is 1. The summed E-state index contributed by atoms with van der Waals surface area (Å²) >= 11 is 0. The quantitative estimate of drug-likeness (QED) is 0.723. The summed E-state index contributed by atoms with van der Waals surface area (Å²) in [5, 5.41) is 0. The SMILES string of the molecule is CCCn1c(C)ccc1-c1ccco1. The highest BCUT2D eigenvalue weighted by Gasteiger charge is 2.08. The minimum absolute atomic E-state index is 0.951. The van der Waals surface area contributed by atoms with Gasteiger partial charge in [-0.15, -0.1) is 0 Å². The van der Waals surface area contributed by atoms with Gasteiger partial charge in [-0.3, -0.25) is 0 Å². The minimum Gasteiger partial charge on any atom is -0.463 e. The van der Waals surface area contributed by atoms with Crippen LogP contribution in [-0.4, -0.2) is 4.57 Å². The Hall–Kier alpha value is -1.44. The minimum atomic E-state index is 0.951. The molecule has 0 amide bonds. The summed E-state index contributed by atoms with van der Waals surface area (Å²) in [6, 6.07) is 8.17. The van der Waals surface area contributed by atoms with Gasteiger partial charge >= 0.3 is 0 Å². The average molecular weight is 189 g/mol. The van der Waals surface area contributed by atoms with Crippen LogP contribution < -0.4 is 0 Å². The maximum Gasteiger partial charge on any atom is 0.150 e. The summed E-state index contributed by atoms with van der Waals surface area (Å²) in [7, 11) is 0. The van der Waals surface area contributed by atoms with Crippen LogP contribution in [0.1, 0.15) is 19.0 Å². The van der Waals surface area contributed by atoms with Crippen LogP contribution in [0.25, 0.3) is 11.5 Å². The van der Waals surface area contributed by atoms with Crippen LogP contribution >= 0.6 is 0 Å². The molecule has 0 saturated carbocycles. The van der Waals surface area contributed by atoms with Gasteiger partial charge in [0.15, 0.2) is 0 Å². The zero-order chi connectivity index (χ0) is 9.97. The molecule has 2 heteroatoms. The van der Waals surface area contributed by atoms with Gasteiger partial charge in [0.1, 0.15) is 5.76 Å². The van der Waals surface area contributed by atoms with E-state index in [9.17, 15) is 0 Å². The van der Waals surface area contributed by atoms with Crippen LogP contribution in [0.5, 0.6) is 0 Å². The van der Waals surface area contributed by atoms with Gasteiger partial charge in [0.25, 0.3) is 0 Å². The maximum atomic E-state index is 5.40. The van der Waals surface area contributed by atoms with E-state index in [1.165, 1.54) is 11.4 Å². The normalized spacial score (nSPS) is 10.7. The predicted molar refractivity (Wildman–Crippen MR) is 57.2 cm³/mol. The number of rotatable bonds is 3. The molecule has 14 heavy (non-hydrogen) atoms. The van der Waals surface area contributed by atoms with Crippen molar-refractivity contribution in [3.05, 3.63) is 36.2 Å². The van der Waals surface area contributed by atoms with Crippen molar-refractivity contribution >= 4 is 0 Å². The van der Waals surface area contributed by atoms with E-state index in [0.29, 0.717) is 0 Å². The third kappa shape index (κ3) is 1.48. The van der Waals surface area contributed by atoms with E-state index >= 15 is 0 Å². The molecule has 2 aromatic heterocycles. The summed E-state index contributed by atoms with van der Waals surface area (Å²) in [4.78, 5) is 0. The Kier molecular flexibility index (Phi) is 2.44. The highest BCUT2D eigenvalue weighted by Crippen LogP contribution is 2.22. The predicted octanol–water partition coefficient (Wildman–Crippen LogP) is 3.47. The van der Waals surface area contributed by atoms with E-state index in [1.54, 1.807) is 6.26 Å². The van der Waals surface area contributed by atoms with Crippen LogP contribution in [0.3, 0.4) is 0 Å². The lowest BCUT2D eigenvalue weighted by Gasteiger charge is -2.07. The zero-order valence-corrected chi connectivity index (χ0v) is 8.66. The largest absolute Gasteiger partial charge is 0.463 e. The first-order valence-corrected chi connectivity index (χ1v) is 5.03. The molecule has 0 bridgehead atoms. The van der Waals surface area contributed by atoms with Crippen molar-refractivity contribution in [1.82, 2.24) is 4.57 Å². The Morgan fingerprint density at radius 1 is 1.29 bits per heavy atom. The molecule has 0 spiro atoms. The standard InChI is InChI=1S/C12H15NO/c1-3-8-13-10(2)6-7-11(13)12-5-4-9-14-12/h4-7,9H,3,8H2,1-2H3. The molecule has 2 aromatic rings. The molecular formula is C12H15NO. The number of hydrogen-bond acceptors (Lipinski definition) is 1. The molecule has 0 aliphatic carbocycles. The number of aryl methyl sites for hydroxylation is 1. The van der Waals surface area contributed by atoms with Crippen molar-refractivity contribution in [2.24, 2.45) is 0 Å². The van der Waals surface area contributed by atoms with Crippen molar-refractivity contribution in [2.75, 3.05) is 0 Å². The Bertz CT molecular complexity index is 398. The second-order valence-electron chi connectivity index (χ2n) is 3.49. The zero-order valence-electron chi connectivity index (χ0n) is 8.66. The monoisotopic (exact) mass is 189 g/mol. The fourth-order valence-corrected chi connectivity index (χ4v) is 1.73. The summed E-state index contributed by atoms with van der Waals surface area (Å²) in [6.07, 6.45) is 2.86. The first-order chi connectivity index (χ1) is 6.83. The molecule has 2 heterocycles. The van der Waals surface area contributed by atoms with Crippen LogP contribution in [0.2, 0.25) is 0 Å². The second kappa shape index (κ2) is 3.74. The maximum absolute atomic E-state index is 5.40. The van der Waals surface area contributed by atoms with Crippen molar-refractivity contribution in [3.8, 4) is 11.5 Å². The second-order valence-corrected chi connectivity index (χ2v) is 3.49. The highest BCUT2D eigenvalue weighted by atomic mass is 16.3. The molecular weight excluding hydrogens is 174 g/mol. The Labute approximate surface area is 84.2 Å². The Balaban J connectivity index is 2.43. The summed E-state index contributed by atoms with van der Waals surface area (Å²) < 4.78 is 7.69. The average Bonchev–Trinajstić information content (AvgIpc) is 2.77. The molecule has 0 aliphatic heterocycles. The smallest absolute Gasteiger partial charge is 0.150 e. The Morgan fingerprint density at radius 3 is 2.79 bits per heavy atom. The molecule has 0 saturated heterocycles. The lowest BCUT2D eigenvalue weighted by molar-refractivity contribution is 0.568. The molecule has 2 rings (SSSR count). The molecule has 0 atom stereocenters. The molecule has 0 N–H and O–H groups in total. The van der Waals surface area contributed by atoms with Gasteiger partial charge in [-0.05, 0) is 37.6 Å². The molecule has 74 valence electrons. The van der Waals surface area contributed by atoms with E-state index in [-0.39, 0.29) is 0 Å². The van der Waals surface area contributed by atoms with Gasteiger partial charge in [-0.25, -0.2) is 0 Å². The van der Waals surface area contributed by atoms with E-state index < -0.39 is 0 Å². The fourth-order valence-electron chi connectivity index (χ4n) is 1.73. The fraction of sp³-hybridized carbons (Fsp3) is 0.333. The number of nitrogens with zero attached hydrogens (tertiary/aromatic N) is 1. The van der Waals surface area contributed by atoms with Crippen LogP contribution in [0.15, 0.2) is 34.9 Å². The lowest BCUT2D eigenvalue weighted by Crippen LogP contribution is -2.00. The van der Waals surface area contributed by atoms with Gasteiger partial charge in [0.2, 0.25) is 0 Å². The van der Waals surface area contributed by atoms with Crippen molar-refractivity contribution in [2.45, 2.75) is 26.8 Å². The first kappa shape index (κ1) is 9.13. The summed E-state index contributed by atoms with van der Waals surface area (Å²) in [5.41, 5.74) is 2.47. The molecule has 0 radical (unpaired) electrons. The summed E-state index contributed by atoms with van der Waals surface area (Å²) in [6.45, 7) is 5.36. The number of hydrogen-bond donors (Lipinski definition) is 0. The molecule has 2 nitrogen and oxygen atoms in total. The topological polar surface area (TPSA) is 18.1 Å². The van der Waals surface area contributed by atoms with E-state index in [1.807, 2.05) is 12.1 Å². The van der Waals surface area contributed by atoms with Crippen molar-refractivity contribution in [1.29, 1.82) is 0 Å². The van der Waals surface area contributed by atoms with E-state index in [0.717, 1.165) is 18.7 Å². The van der Waals surface area contributed by atoms with Gasteiger partial charge in [0.05, 0.1) is 12.0 Å². The van der Waals surface area contributed by atoms with E-state index in [4.69, 9.17) is 4.42 Å². The number of furan rings is 1. The molecule has 0 unspecified atom stereocenters. The van der Waals surface area contributed by atoms with Crippen LogP contribution in [0.4, 0.5) is 0 Å². The van der Waals surface area contributed by atoms with Gasteiger partial charge in [-0.2, -0.15) is 0 Å². The first-order valence-electron chi connectivity index (χ1n) is 5.03. The lowest BCUT2D eigenvalue weighted by atomic mass is 10.3. The van der Waals surface area contributed by atoms with Gasteiger partial charge in [-0.1, -0.05) is 6.92 Å². The van der Waals surface area contributed by atoms with Crippen molar-refractivity contribution < 1.29 is 4.42 Å². The summed E-state index contributed by atoms with van der Waals surface area (Å²) in [5.74, 6) is 0.951. The molecule has 0 aromatic carbocycles. The van der Waals surface area contributed by atoms with Crippen LogP contribution in [0, 0.1) is 6.92 Å². The third-order valence-electron chi connectivity index (χ3n) is 2.42. The van der Waals surface area contributed by atoms with Crippen LogP contribution in [-0.2, 0) is 6.54 Å². The van der Waals surface area contributed by atoms with Crippen molar-refractivity contribution in [3.63, 3.8) is 0 Å². The highest BCUT2D eigenvalue weighted by molar-refractivity contribution is 5.54.